The van der Waals surface area contributed by atoms with Crippen LogP contribution in [-0.4, -0.2) is 47.5 Å². The maximum absolute atomic E-state index is 12.8. The molecule has 1 aliphatic heterocycles. The minimum atomic E-state index is -0.348. The molecular weight excluding hydrogens is 490 g/mol. The molecular formula is C21H26BrNO5S2. The Bertz CT molecular complexity index is 828. The highest BCUT2D eigenvalue weighted by Gasteiger charge is 2.32. The lowest BCUT2D eigenvalue weighted by Crippen LogP contribution is -2.30. The molecule has 1 aromatic carbocycles. The van der Waals surface area contributed by atoms with Crippen LogP contribution >= 0.6 is 39.9 Å². The van der Waals surface area contributed by atoms with Gasteiger partial charge in [-0.25, -0.2) is 0 Å². The van der Waals surface area contributed by atoms with E-state index in [9.17, 15) is 9.59 Å². The maximum Gasteiger partial charge on any atom is 0.307 e. The summed E-state index contributed by atoms with van der Waals surface area (Å²) in [5.74, 6) is 0.711. The molecule has 1 aliphatic rings. The van der Waals surface area contributed by atoms with E-state index in [1.807, 2.05) is 19.1 Å². The van der Waals surface area contributed by atoms with Gasteiger partial charge in [0.05, 0.1) is 35.6 Å². The summed E-state index contributed by atoms with van der Waals surface area (Å²) in [6, 6.07) is 3.73. The number of carbonyl (C=O) groups is 2. The van der Waals surface area contributed by atoms with Gasteiger partial charge in [-0.2, -0.15) is 0 Å². The summed E-state index contributed by atoms with van der Waals surface area (Å²) in [5.41, 5.74) is 0.791. The molecule has 0 unspecified atom stereocenters. The number of rotatable bonds is 11. The van der Waals surface area contributed by atoms with Crippen LogP contribution in [0.15, 0.2) is 21.5 Å². The van der Waals surface area contributed by atoms with Gasteiger partial charge in [-0.3, -0.25) is 14.5 Å². The fourth-order valence-electron chi connectivity index (χ4n) is 2.67. The molecule has 1 amide bonds. The van der Waals surface area contributed by atoms with Gasteiger partial charge in [0.1, 0.15) is 4.32 Å². The molecule has 2 rings (SSSR count). The number of esters is 1. The Kier molecular flexibility index (Phi) is 10.1. The van der Waals surface area contributed by atoms with Gasteiger partial charge in [0.25, 0.3) is 5.91 Å². The topological polar surface area (TPSA) is 65.1 Å². The molecule has 0 radical (unpaired) electrons. The number of ether oxygens (including phenoxy) is 3. The summed E-state index contributed by atoms with van der Waals surface area (Å²) in [6.45, 7) is 7.38. The Labute approximate surface area is 195 Å². The molecule has 164 valence electrons. The summed E-state index contributed by atoms with van der Waals surface area (Å²) in [5, 5.41) is 0. The van der Waals surface area contributed by atoms with Gasteiger partial charge in [-0.05, 0) is 60.0 Å². The largest absolute Gasteiger partial charge is 0.490 e. The molecule has 30 heavy (non-hydrogen) atoms. The Hall–Kier alpha value is -1.58. The highest BCUT2D eigenvalue weighted by atomic mass is 79.9. The van der Waals surface area contributed by atoms with Crippen molar-refractivity contribution in [1.29, 1.82) is 0 Å². The Balaban J connectivity index is 2.19. The van der Waals surface area contributed by atoms with E-state index in [-0.39, 0.29) is 24.8 Å². The van der Waals surface area contributed by atoms with Crippen molar-refractivity contribution in [2.24, 2.45) is 0 Å². The first-order chi connectivity index (χ1) is 14.4. The second-order valence-corrected chi connectivity index (χ2v) is 8.88. The molecule has 0 saturated carbocycles. The first-order valence-corrected chi connectivity index (χ1v) is 11.9. The van der Waals surface area contributed by atoms with Crippen LogP contribution in [0.25, 0.3) is 6.08 Å². The second-order valence-electron chi connectivity index (χ2n) is 6.35. The van der Waals surface area contributed by atoms with Crippen LogP contribution in [0.4, 0.5) is 0 Å². The summed E-state index contributed by atoms with van der Waals surface area (Å²) < 4.78 is 17.7. The van der Waals surface area contributed by atoms with Crippen molar-refractivity contribution in [3.05, 3.63) is 27.1 Å². The summed E-state index contributed by atoms with van der Waals surface area (Å²) in [6.07, 6.45) is 3.87. The van der Waals surface area contributed by atoms with Gasteiger partial charge >= 0.3 is 5.97 Å². The predicted octanol–water partition coefficient (Wildman–Crippen LogP) is 5.18. The minimum absolute atomic E-state index is 0.109. The van der Waals surface area contributed by atoms with Crippen LogP contribution < -0.4 is 9.47 Å². The smallest absolute Gasteiger partial charge is 0.307 e. The monoisotopic (exact) mass is 515 g/mol. The van der Waals surface area contributed by atoms with E-state index in [4.69, 9.17) is 26.4 Å². The first-order valence-electron chi connectivity index (χ1n) is 9.91. The lowest BCUT2D eigenvalue weighted by molar-refractivity contribution is -0.143. The zero-order chi connectivity index (χ0) is 22.1. The minimum Gasteiger partial charge on any atom is -0.490 e. The van der Waals surface area contributed by atoms with Crippen LogP contribution in [0.1, 0.15) is 45.6 Å². The molecule has 1 saturated heterocycles. The molecule has 9 heteroatoms. The van der Waals surface area contributed by atoms with Crippen molar-refractivity contribution >= 4 is 62.2 Å². The second kappa shape index (κ2) is 12.3. The third-order valence-corrected chi connectivity index (χ3v) is 6.06. The van der Waals surface area contributed by atoms with Gasteiger partial charge in [-0.1, -0.05) is 37.3 Å². The van der Waals surface area contributed by atoms with E-state index in [2.05, 4.69) is 22.9 Å². The number of nitrogens with zero attached hydrogens (tertiary/aromatic N) is 1. The molecule has 6 nitrogen and oxygen atoms in total. The van der Waals surface area contributed by atoms with Gasteiger partial charge < -0.3 is 14.2 Å². The standard InChI is InChI=1S/C21H26BrNO5S2/c1-4-7-10-28-19-15(22)11-14(12-16(19)26-5-2)13-17-20(25)23(21(29)30-17)9-8-18(24)27-6-3/h11-13H,4-10H2,1-3H3/b17-13-. The van der Waals surface area contributed by atoms with Crippen LogP contribution in [0.5, 0.6) is 11.5 Å². The average molecular weight is 516 g/mol. The molecule has 0 N–H and O–H groups in total. The lowest BCUT2D eigenvalue weighted by Gasteiger charge is -2.15. The van der Waals surface area contributed by atoms with Crippen LogP contribution in [0, 0.1) is 0 Å². The Morgan fingerprint density at radius 3 is 2.67 bits per heavy atom. The SMILES string of the molecule is CCCCOc1c(Br)cc(/C=C2\SC(=S)N(CCC(=O)OCC)C2=O)cc1OCC. The molecule has 0 spiro atoms. The van der Waals surface area contributed by atoms with E-state index in [0.717, 1.165) is 22.9 Å². The van der Waals surface area contributed by atoms with Crippen LogP contribution in [-0.2, 0) is 14.3 Å². The fourth-order valence-corrected chi connectivity index (χ4v) is 4.56. The predicted molar refractivity (Wildman–Crippen MR) is 127 cm³/mol. The number of hydrogen-bond donors (Lipinski definition) is 0. The number of halogens is 1. The van der Waals surface area contributed by atoms with E-state index >= 15 is 0 Å². The third-order valence-electron chi connectivity index (χ3n) is 4.09. The third kappa shape index (κ3) is 6.72. The molecule has 0 bridgehead atoms. The van der Waals surface area contributed by atoms with E-state index in [0.29, 0.717) is 40.5 Å². The lowest BCUT2D eigenvalue weighted by atomic mass is 10.1. The van der Waals surface area contributed by atoms with Crippen molar-refractivity contribution < 1.29 is 23.8 Å². The van der Waals surface area contributed by atoms with Crippen LogP contribution in [0.2, 0.25) is 0 Å². The molecule has 0 aliphatic carbocycles. The Morgan fingerprint density at radius 2 is 2.00 bits per heavy atom. The summed E-state index contributed by atoms with van der Waals surface area (Å²) >= 11 is 10.1. The van der Waals surface area contributed by atoms with Crippen molar-refractivity contribution in [2.45, 2.75) is 40.0 Å². The van der Waals surface area contributed by atoms with Crippen LogP contribution in [0.3, 0.4) is 0 Å². The van der Waals surface area contributed by atoms with E-state index in [1.54, 1.807) is 13.0 Å². The number of amides is 1. The van der Waals surface area contributed by atoms with Crippen molar-refractivity contribution in [2.75, 3.05) is 26.4 Å². The number of carbonyl (C=O) groups excluding carboxylic acids is 2. The average Bonchev–Trinajstić information content (AvgIpc) is 2.95. The zero-order valence-corrected chi connectivity index (χ0v) is 20.6. The number of benzene rings is 1. The van der Waals surface area contributed by atoms with Crippen molar-refractivity contribution in [1.82, 2.24) is 4.90 Å². The van der Waals surface area contributed by atoms with E-state index in [1.165, 1.54) is 16.7 Å². The Morgan fingerprint density at radius 1 is 1.23 bits per heavy atom. The van der Waals surface area contributed by atoms with Gasteiger partial charge in [-0.15, -0.1) is 0 Å². The normalized spacial score (nSPS) is 15.1. The molecule has 0 atom stereocenters. The molecule has 1 aromatic rings. The van der Waals surface area contributed by atoms with Crippen molar-refractivity contribution in [3.8, 4) is 11.5 Å². The molecule has 1 fully saturated rings. The number of unbranched alkanes of at least 4 members (excludes halogenated alkanes) is 1. The number of thiocarbonyl (C=S) groups is 1. The summed E-state index contributed by atoms with van der Waals surface area (Å²) in [4.78, 5) is 26.3. The summed E-state index contributed by atoms with van der Waals surface area (Å²) in [7, 11) is 0. The van der Waals surface area contributed by atoms with Gasteiger partial charge in [0.15, 0.2) is 11.5 Å². The fraction of sp³-hybridized carbons (Fsp3) is 0.476. The first kappa shape index (κ1) is 24.7. The highest BCUT2D eigenvalue weighted by Crippen LogP contribution is 2.39. The maximum atomic E-state index is 12.8. The quantitative estimate of drug-likeness (QED) is 0.174. The number of hydrogen-bond acceptors (Lipinski definition) is 7. The number of thioether (sulfide) groups is 1. The highest BCUT2D eigenvalue weighted by molar-refractivity contribution is 9.10. The zero-order valence-electron chi connectivity index (χ0n) is 17.4. The molecule has 1 heterocycles. The van der Waals surface area contributed by atoms with Gasteiger partial charge in [0.2, 0.25) is 0 Å². The van der Waals surface area contributed by atoms with E-state index < -0.39 is 0 Å². The van der Waals surface area contributed by atoms with Crippen molar-refractivity contribution in [3.63, 3.8) is 0 Å². The molecule has 0 aromatic heterocycles. The van der Waals surface area contributed by atoms with Gasteiger partial charge in [0, 0.05) is 6.54 Å².